The van der Waals surface area contributed by atoms with Gasteiger partial charge in [-0.3, -0.25) is 0 Å². The van der Waals surface area contributed by atoms with Crippen LogP contribution in [-0.4, -0.2) is 25.9 Å². The first-order chi connectivity index (χ1) is 11.2. The minimum absolute atomic E-state index is 0.762. The third-order valence-corrected chi connectivity index (χ3v) is 4.83. The summed E-state index contributed by atoms with van der Waals surface area (Å²) in [6, 6.07) is 16.3. The fourth-order valence-corrected chi connectivity index (χ4v) is 3.80. The normalized spacial score (nSPS) is 20.6. The van der Waals surface area contributed by atoms with E-state index < -0.39 is 5.79 Å². The third-order valence-electron chi connectivity index (χ3n) is 4.83. The highest BCUT2D eigenvalue weighted by Crippen LogP contribution is 2.45. The molecule has 0 bridgehead atoms. The molecule has 2 aromatic rings. The average Bonchev–Trinajstić information content (AvgIpc) is 2.56. The minimum Gasteiger partial charge on any atom is -0.444 e. The topological polar surface area (TPSA) is 22.9 Å². The van der Waals surface area contributed by atoms with Gasteiger partial charge in [-0.25, -0.2) is 0 Å². The van der Waals surface area contributed by atoms with Crippen molar-refractivity contribution in [3.8, 4) is 11.5 Å². The van der Waals surface area contributed by atoms with E-state index in [1.54, 1.807) is 0 Å². The van der Waals surface area contributed by atoms with Crippen molar-refractivity contribution in [1.82, 2.24) is 0 Å². The van der Waals surface area contributed by atoms with Crippen molar-refractivity contribution in [3.05, 3.63) is 70.8 Å². The zero-order valence-corrected chi connectivity index (χ0v) is 13.0. The van der Waals surface area contributed by atoms with E-state index in [9.17, 15) is 0 Å². The van der Waals surface area contributed by atoms with Gasteiger partial charge in [0.25, 0.3) is 0 Å². The number of quaternary nitrogens is 1. The maximum atomic E-state index is 6.46. The second-order valence-electron chi connectivity index (χ2n) is 6.55. The monoisotopic (exact) mass is 304 g/mol. The Labute approximate surface area is 135 Å². The number of fused-ring (bicyclic) bond motifs is 2. The average molecular weight is 304 g/mol. The highest BCUT2D eigenvalue weighted by atomic mass is 16.7. The molecule has 23 heavy (non-hydrogen) atoms. The number of hydrogen-bond donors (Lipinski definition) is 1. The van der Waals surface area contributed by atoms with E-state index in [-0.39, 0.29) is 0 Å². The molecule has 1 N–H and O–H groups in total. The molecular formula is C20H18NO2+. The molecular weight excluding hydrogens is 286 g/mol. The van der Waals surface area contributed by atoms with Gasteiger partial charge in [-0.05, 0) is 24.3 Å². The van der Waals surface area contributed by atoms with Gasteiger partial charge in [-0.15, -0.1) is 0 Å². The zero-order valence-electron chi connectivity index (χ0n) is 13.0. The molecule has 1 fully saturated rings. The number of likely N-dealkylation sites (tertiary alicyclic amines) is 1. The molecule has 0 aromatic heterocycles. The second kappa shape index (κ2) is 4.49. The first kappa shape index (κ1) is 13.0. The Balaban J connectivity index is 1.73. The predicted octanol–water partition coefficient (Wildman–Crippen LogP) is 2.16. The number of likely N-dealkylation sites (N-methyl/N-ethyl adjacent to an activating group) is 1. The van der Waals surface area contributed by atoms with E-state index in [1.165, 1.54) is 16.0 Å². The van der Waals surface area contributed by atoms with E-state index in [4.69, 9.17) is 9.47 Å². The molecule has 3 heteroatoms. The van der Waals surface area contributed by atoms with Crippen molar-refractivity contribution in [1.29, 1.82) is 0 Å². The number of ether oxygens (including phenoxy) is 2. The van der Waals surface area contributed by atoms with Crippen LogP contribution in [0.15, 0.2) is 59.7 Å². The number of nitrogens with one attached hydrogen (secondary N) is 1. The molecule has 0 aliphatic carbocycles. The van der Waals surface area contributed by atoms with E-state index in [0.29, 0.717) is 0 Å². The number of benzene rings is 2. The van der Waals surface area contributed by atoms with Crippen molar-refractivity contribution < 1.29 is 14.4 Å². The van der Waals surface area contributed by atoms with Gasteiger partial charge < -0.3 is 14.4 Å². The summed E-state index contributed by atoms with van der Waals surface area (Å²) < 4.78 is 12.9. The number of hydrogen-bond acceptors (Lipinski definition) is 2. The molecule has 0 amide bonds. The molecule has 0 saturated carbocycles. The van der Waals surface area contributed by atoms with Crippen LogP contribution in [0.25, 0.3) is 12.2 Å². The van der Waals surface area contributed by atoms with Gasteiger partial charge in [-0.1, -0.05) is 36.4 Å². The summed E-state index contributed by atoms with van der Waals surface area (Å²) in [5.41, 5.74) is 4.65. The van der Waals surface area contributed by atoms with Crippen molar-refractivity contribution >= 4 is 12.2 Å². The molecule has 3 aliphatic rings. The Bertz CT molecular complexity index is 794. The lowest BCUT2D eigenvalue weighted by Crippen LogP contribution is -3.11. The molecule has 1 saturated heterocycles. The van der Waals surface area contributed by atoms with Crippen LogP contribution in [0.3, 0.4) is 0 Å². The summed E-state index contributed by atoms with van der Waals surface area (Å²) in [4.78, 5) is 1.45. The van der Waals surface area contributed by atoms with Gasteiger partial charge >= 0.3 is 5.79 Å². The Hall–Kier alpha value is -2.52. The fourth-order valence-electron chi connectivity index (χ4n) is 3.80. The molecule has 3 heterocycles. The smallest absolute Gasteiger partial charge is 0.308 e. The lowest BCUT2D eigenvalue weighted by molar-refractivity contribution is -0.874. The molecule has 3 aliphatic heterocycles. The zero-order chi connectivity index (χ0) is 15.4. The van der Waals surface area contributed by atoms with Crippen LogP contribution >= 0.6 is 0 Å². The summed E-state index contributed by atoms with van der Waals surface area (Å²) >= 11 is 0. The number of piperidine rings is 1. The molecule has 1 spiro atoms. The fraction of sp³-hybridized carbons (Fsp3) is 0.200. The molecule has 0 unspecified atom stereocenters. The quantitative estimate of drug-likeness (QED) is 0.806. The van der Waals surface area contributed by atoms with Crippen LogP contribution < -0.4 is 14.4 Å². The van der Waals surface area contributed by atoms with Gasteiger partial charge in [0.05, 0.1) is 18.2 Å². The maximum Gasteiger partial charge on any atom is 0.308 e. The largest absolute Gasteiger partial charge is 0.444 e. The summed E-state index contributed by atoms with van der Waals surface area (Å²) in [5, 5.41) is 0. The number of rotatable bonds is 0. The highest BCUT2D eigenvalue weighted by Gasteiger charge is 2.53. The SMILES string of the molecule is C[NH+]1CC2=Cc3ccccc3OC23Oc2ccccc2C=C3C1. The Morgan fingerprint density at radius 1 is 0.783 bits per heavy atom. The molecule has 0 radical (unpaired) electrons. The Morgan fingerprint density at radius 2 is 1.26 bits per heavy atom. The van der Waals surface area contributed by atoms with Gasteiger partial charge in [0.1, 0.15) is 24.6 Å². The summed E-state index contributed by atoms with van der Waals surface area (Å²) in [6.07, 6.45) is 4.48. The first-order valence-corrected chi connectivity index (χ1v) is 8.04. The molecule has 0 atom stereocenters. The molecule has 2 aromatic carbocycles. The summed E-state index contributed by atoms with van der Waals surface area (Å²) in [5.74, 6) is 1.02. The van der Waals surface area contributed by atoms with Gasteiger partial charge in [0.2, 0.25) is 0 Å². The standard InChI is InChI=1S/C20H17NO2/c1-21-12-16-10-14-6-2-4-8-18(14)22-20(16)17(13-21)11-15-7-3-5-9-19(15)23-20/h2-11H,12-13H2,1H3/p+1. The van der Waals surface area contributed by atoms with E-state index in [0.717, 1.165) is 35.7 Å². The van der Waals surface area contributed by atoms with E-state index in [1.807, 2.05) is 36.4 Å². The van der Waals surface area contributed by atoms with Crippen LogP contribution in [0.1, 0.15) is 11.1 Å². The van der Waals surface area contributed by atoms with Crippen molar-refractivity contribution in [3.63, 3.8) is 0 Å². The molecule has 114 valence electrons. The van der Waals surface area contributed by atoms with Gasteiger partial charge in [0, 0.05) is 11.1 Å². The highest BCUT2D eigenvalue weighted by molar-refractivity contribution is 5.72. The Morgan fingerprint density at radius 3 is 1.78 bits per heavy atom. The van der Waals surface area contributed by atoms with E-state index >= 15 is 0 Å². The van der Waals surface area contributed by atoms with Crippen LogP contribution in [-0.2, 0) is 0 Å². The lowest BCUT2D eigenvalue weighted by atomic mass is 9.85. The number of para-hydroxylation sites is 2. The van der Waals surface area contributed by atoms with Gasteiger partial charge in [-0.2, -0.15) is 0 Å². The van der Waals surface area contributed by atoms with Gasteiger partial charge in [0.15, 0.2) is 0 Å². The van der Waals surface area contributed by atoms with Crippen LogP contribution in [0.4, 0.5) is 0 Å². The maximum absolute atomic E-state index is 6.46. The lowest BCUT2D eigenvalue weighted by Gasteiger charge is -2.46. The van der Waals surface area contributed by atoms with Crippen molar-refractivity contribution in [2.24, 2.45) is 0 Å². The van der Waals surface area contributed by atoms with Crippen molar-refractivity contribution in [2.75, 3.05) is 20.1 Å². The van der Waals surface area contributed by atoms with Crippen molar-refractivity contribution in [2.45, 2.75) is 5.79 Å². The predicted molar refractivity (Wildman–Crippen MR) is 89.4 cm³/mol. The van der Waals surface area contributed by atoms with E-state index in [2.05, 4.69) is 31.3 Å². The minimum atomic E-state index is -0.762. The molecule has 3 nitrogen and oxygen atoms in total. The molecule has 5 rings (SSSR count). The van der Waals surface area contributed by atoms with Crippen LogP contribution in [0.5, 0.6) is 11.5 Å². The first-order valence-electron chi connectivity index (χ1n) is 8.04. The summed E-state index contributed by atoms with van der Waals surface area (Å²) in [6.45, 7) is 1.85. The summed E-state index contributed by atoms with van der Waals surface area (Å²) in [7, 11) is 2.21. The third kappa shape index (κ3) is 1.80. The van der Waals surface area contributed by atoms with Crippen LogP contribution in [0, 0.1) is 0 Å². The van der Waals surface area contributed by atoms with Crippen LogP contribution in [0.2, 0.25) is 0 Å². The Kier molecular flexibility index (Phi) is 2.53. The second-order valence-corrected chi connectivity index (χ2v) is 6.55.